The van der Waals surface area contributed by atoms with Crippen molar-refractivity contribution in [3.05, 3.63) is 67.9 Å². The van der Waals surface area contributed by atoms with Crippen molar-refractivity contribution >= 4 is 27.5 Å². The first-order chi connectivity index (χ1) is 9.93. The Morgan fingerprint density at radius 3 is 2.52 bits per heavy atom. The molecule has 0 heterocycles. The maximum Gasteiger partial charge on any atom is 0.123 e. The highest BCUT2D eigenvalue weighted by Crippen LogP contribution is 2.33. The SMILES string of the molecule is CCNC(c1cc(C)c(Cl)cc1C)c1cc(F)ccc1Br. The third-order valence-corrected chi connectivity index (χ3v) is 4.66. The van der Waals surface area contributed by atoms with Gasteiger partial charge in [0.15, 0.2) is 0 Å². The van der Waals surface area contributed by atoms with Crippen LogP contribution in [0.15, 0.2) is 34.8 Å². The number of hydrogen-bond acceptors (Lipinski definition) is 1. The van der Waals surface area contributed by atoms with Gasteiger partial charge in [-0.25, -0.2) is 4.39 Å². The summed E-state index contributed by atoms with van der Waals surface area (Å²) in [7, 11) is 0. The van der Waals surface area contributed by atoms with Gasteiger partial charge in [0.25, 0.3) is 0 Å². The number of rotatable bonds is 4. The number of hydrogen-bond donors (Lipinski definition) is 1. The van der Waals surface area contributed by atoms with Gasteiger partial charge in [0.2, 0.25) is 0 Å². The van der Waals surface area contributed by atoms with Gasteiger partial charge in [-0.15, -0.1) is 0 Å². The molecular weight excluding hydrogens is 353 g/mol. The van der Waals surface area contributed by atoms with Crippen LogP contribution in [0, 0.1) is 19.7 Å². The van der Waals surface area contributed by atoms with Crippen LogP contribution in [0.1, 0.15) is 35.2 Å². The van der Waals surface area contributed by atoms with Gasteiger partial charge >= 0.3 is 0 Å². The minimum atomic E-state index is -0.237. The van der Waals surface area contributed by atoms with E-state index >= 15 is 0 Å². The summed E-state index contributed by atoms with van der Waals surface area (Å²) >= 11 is 9.70. The molecule has 1 unspecified atom stereocenters. The Labute approximate surface area is 138 Å². The molecule has 4 heteroatoms. The van der Waals surface area contributed by atoms with E-state index in [4.69, 9.17) is 11.6 Å². The van der Waals surface area contributed by atoms with E-state index in [0.717, 1.165) is 38.3 Å². The molecule has 0 fully saturated rings. The fourth-order valence-electron chi connectivity index (χ4n) is 2.44. The fourth-order valence-corrected chi connectivity index (χ4v) is 3.14. The summed E-state index contributed by atoms with van der Waals surface area (Å²) in [5.41, 5.74) is 4.12. The largest absolute Gasteiger partial charge is 0.306 e. The highest BCUT2D eigenvalue weighted by Gasteiger charge is 2.19. The van der Waals surface area contributed by atoms with Gasteiger partial charge in [-0.2, -0.15) is 0 Å². The van der Waals surface area contributed by atoms with Crippen molar-refractivity contribution in [3.63, 3.8) is 0 Å². The lowest BCUT2D eigenvalue weighted by molar-refractivity contribution is 0.600. The predicted molar refractivity (Wildman–Crippen MR) is 90.5 cm³/mol. The van der Waals surface area contributed by atoms with Crippen LogP contribution >= 0.6 is 27.5 Å². The van der Waals surface area contributed by atoms with Gasteiger partial charge in [0.05, 0.1) is 6.04 Å². The van der Waals surface area contributed by atoms with Gasteiger partial charge in [-0.3, -0.25) is 0 Å². The summed E-state index contributed by atoms with van der Waals surface area (Å²) in [6.07, 6.45) is 0. The smallest absolute Gasteiger partial charge is 0.123 e. The normalized spacial score (nSPS) is 12.5. The average Bonchev–Trinajstić information content (AvgIpc) is 2.43. The van der Waals surface area contributed by atoms with E-state index < -0.39 is 0 Å². The molecule has 21 heavy (non-hydrogen) atoms. The zero-order chi connectivity index (χ0) is 15.6. The third-order valence-electron chi connectivity index (χ3n) is 3.54. The Balaban J connectivity index is 2.58. The van der Waals surface area contributed by atoms with E-state index in [2.05, 4.69) is 27.3 Å². The molecule has 0 amide bonds. The molecule has 1 nitrogen and oxygen atoms in total. The Hall–Kier alpha value is -0.900. The molecule has 1 N–H and O–H groups in total. The Kier molecular flexibility index (Phi) is 5.42. The van der Waals surface area contributed by atoms with E-state index in [-0.39, 0.29) is 11.9 Å². The standard InChI is InChI=1S/C17H18BrClFN/c1-4-21-17(14-9-12(20)5-6-15(14)18)13-7-11(3)16(19)8-10(13)2/h5-9,17,21H,4H2,1-3H3. The van der Waals surface area contributed by atoms with Gasteiger partial charge < -0.3 is 5.32 Å². The molecule has 0 spiro atoms. The molecule has 1 atom stereocenters. The van der Waals surface area contributed by atoms with Crippen molar-refractivity contribution in [3.8, 4) is 0 Å². The fraction of sp³-hybridized carbons (Fsp3) is 0.294. The van der Waals surface area contributed by atoms with Crippen molar-refractivity contribution in [2.24, 2.45) is 0 Å². The quantitative estimate of drug-likeness (QED) is 0.743. The molecule has 2 aromatic rings. The maximum atomic E-state index is 13.6. The summed E-state index contributed by atoms with van der Waals surface area (Å²) in [5, 5.41) is 4.19. The molecule has 112 valence electrons. The second-order valence-corrected chi connectivity index (χ2v) is 6.38. The summed E-state index contributed by atoms with van der Waals surface area (Å²) in [6, 6.07) is 8.73. The molecule has 0 saturated heterocycles. The monoisotopic (exact) mass is 369 g/mol. The lowest BCUT2D eigenvalue weighted by Gasteiger charge is -2.23. The zero-order valence-electron chi connectivity index (χ0n) is 12.3. The molecular formula is C17H18BrClFN. The Bertz CT molecular complexity index is 657. The Morgan fingerprint density at radius 1 is 1.14 bits per heavy atom. The molecule has 0 aliphatic heterocycles. The van der Waals surface area contributed by atoms with Crippen LogP contribution in [0.5, 0.6) is 0 Å². The van der Waals surface area contributed by atoms with Crippen LogP contribution in [0.4, 0.5) is 4.39 Å². The minimum Gasteiger partial charge on any atom is -0.306 e. The number of nitrogens with one attached hydrogen (secondary N) is 1. The molecule has 0 bridgehead atoms. The molecule has 2 aromatic carbocycles. The Morgan fingerprint density at radius 2 is 1.86 bits per heavy atom. The maximum absolute atomic E-state index is 13.6. The predicted octanol–water partition coefficient (Wildman–Crippen LogP) is 5.56. The van der Waals surface area contributed by atoms with Crippen LogP contribution in [0.3, 0.4) is 0 Å². The van der Waals surface area contributed by atoms with Crippen molar-refractivity contribution in [2.75, 3.05) is 6.54 Å². The molecule has 0 saturated carbocycles. The van der Waals surface area contributed by atoms with E-state index in [1.807, 2.05) is 26.8 Å². The van der Waals surface area contributed by atoms with Gasteiger partial charge in [-0.1, -0.05) is 40.5 Å². The number of benzene rings is 2. The van der Waals surface area contributed by atoms with Crippen LogP contribution in [-0.4, -0.2) is 6.54 Å². The van der Waals surface area contributed by atoms with Crippen molar-refractivity contribution in [2.45, 2.75) is 26.8 Å². The molecule has 0 aliphatic carbocycles. The summed E-state index contributed by atoms with van der Waals surface area (Å²) in [4.78, 5) is 0. The topological polar surface area (TPSA) is 12.0 Å². The average molecular weight is 371 g/mol. The summed E-state index contributed by atoms with van der Waals surface area (Å²) < 4.78 is 14.5. The second kappa shape index (κ2) is 6.91. The first-order valence-electron chi connectivity index (χ1n) is 6.89. The molecule has 0 aliphatic rings. The zero-order valence-corrected chi connectivity index (χ0v) is 14.6. The van der Waals surface area contributed by atoms with E-state index in [1.54, 1.807) is 12.1 Å². The van der Waals surface area contributed by atoms with E-state index in [1.165, 1.54) is 6.07 Å². The van der Waals surface area contributed by atoms with Crippen molar-refractivity contribution in [1.82, 2.24) is 5.32 Å². The highest BCUT2D eigenvalue weighted by molar-refractivity contribution is 9.10. The lowest BCUT2D eigenvalue weighted by atomic mass is 9.93. The molecule has 2 rings (SSSR count). The van der Waals surface area contributed by atoms with Gasteiger partial charge in [0, 0.05) is 9.50 Å². The third kappa shape index (κ3) is 3.65. The van der Waals surface area contributed by atoms with Gasteiger partial charge in [-0.05, 0) is 66.9 Å². The van der Waals surface area contributed by atoms with Crippen LogP contribution < -0.4 is 5.32 Å². The lowest BCUT2D eigenvalue weighted by Crippen LogP contribution is -2.23. The first-order valence-corrected chi connectivity index (χ1v) is 8.06. The van der Waals surface area contributed by atoms with Crippen molar-refractivity contribution in [1.29, 1.82) is 0 Å². The second-order valence-electron chi connectivity index (χ2n) is 5.11. The summed E-state index contributed by atoms with van der Waals surface area (Å²) in [6.45, 7) is 6.83. The van der Waals surface area contributed by atoms with E-state index in [9.17, 15) is 4.39 Å². The van der Waals surface area contributed by atoms with Gasteiger partial charge in [0.1, 0.15) is 5.82 Å². The van der Waals surface area contributed by atoms with Crippen molar-refractivity contribution < 1.29 is 4.39 Å². The van der Waals surface area contributed by atoms with E-state index in [0.29, 0.717) is 0 Å². The first kappa shape index (κ1) is 16.5. The number of halogens is 3. The van der Waals surface area contributed by atoms with Crippen LogP contribution in [0.25, 0.3) is 0 Å². The highest BCUT2D eigenvalue weighted by atomic mass is 79.9. The molecule has 0 aromatic heterocycles. The van der Waals surface area contributed by atoms with Crippen LogP contribution in [-0.2, 0) is 0 Å². The minimum absolute atomic E-state index is 0.0731. The van der Waals surface area contributed by atoms with Crippen LogP contribution in [0.2, 0.25) is 5.02 Å². The summed E-state index contributed by atoms with van der Waals surface area (Å²) in [5.74, 6) is -0.237. The molecule has 0 radical (unpaired) electrons. The number of aryl methyl sites for hydroxylation is 2.